The maximum Gasteiger partial charge on any atom is 0.242 e. The number of hydrogen-bond acceptors (Lipinski definition) is 4. The number of likely N-dealkylation sites (N-methyl/N-ethyl adjacent to an activating group) is 1. The summed E-state index contributed by atoms with van der Waals surface area (Å²) in [4.78, 5) is 12.6. The van der Waals surface area contributed by atoms with Crippen LogP contribution in [0.1, 0.15) is 29.2 Å². The van der Waals surface area contributed by atoms with Crippen molar-refractivity contribution in [2.75, 3.05) is 13.7 Å². The summed E-state index contributed by atoms with van der Waals surface area (Å²) in [6.07, 6.45) is 5.69. The fraction of sp³-hybridized carbons (Fsp3) is 0.304. The molecule has 0 saturated heterocycles. The standard InChI is InChI=1S/C23H26N4O2.ClH/c1-24-22(20-14-26-27(2)15-20)23(28)25-13-16-5-7-17(8-6-16)18-9-10-21-19(12-18)4-3-11-29-21;/h5-10,12,14-15,22,24H,3-4,11,13H2,1-2H3,(H,25,28);1H. The lowest BCUT2D eigenvalue weighted by molar-refractivity contribution is -0.123. The summed E-state index contributed by atoms with van der Waals surface area (Å²) in [7, 11) is 3.61. The van der Waals surface area contributed by atoms with Crippen LogP contribution in [0.5, 0.6) is 5.75 Å². The molecule has 0 aliphatic carbocycles. The number of hydrogen-bond donors (Lipinski definition) is 2. The first kappa shape index (κ1) is 21.9. The molecule has 30 heavy (non-hydrogen) atoms. The number of aryl methyl sites for hydroxylation is 2. The second-order valence-electron chi connectivity index (χ2n) is 7.36. The Kier molecular flexibility index (Phi) is 7.13. The lowest BCUT2D eigenvalue weighted by atomic mass is 9.98. The molecule has 2 aromatic carbocycles. The largest absolute Gasteiger partial charge is 0.493 e. The molecule has 1 unspecified atom stereocenters. The molecule has 1 aliphatic heterocycles. The quantitative estimate of drug-likeness (QED) is 0.633. The van der Waals surface area contributed by atoms with Gasteiger partial charge >= 0.3 is 0 Å². The summed E-state index contributed by atoms with van der Waals surface area (Å²) in [6.45, 7) is 1.29. The highest BCUT2D eigenvalue weighted by molar-refractivity contribution is 5.85. The lowest BCUT2D eigenvalue weighted by Crippen LogP contribution is -2.35. The molecule has 1 aromatic heterocycles. The van der Waals surface area contributed by atoms with Crippen molar-refractivity contribution >= 4 is 18.3 Å². The average molecular weight is 427 g/mol. The number of nitrogens with one attached hydrogen (secondary N) is 2. The van der Waals surface area contributed by atoms with Crippen LogP contribution in [-0.4, -0.2) is 29.3 Å². The second-order valence-corrected chi connectivity index (χ2v) is 7.36. The molecule has 158 valence electrons. The Bertz CT molecular complexity index is 1000. The van der Waals surface area contributed by atoms with Crippen molar-refractivity contribution in [3.63, 3.8) is 0 Å². The molecule has 2 N–H and O–H groups in total. The fourth-order valence-corrected chi connectivity index (χ4v) is 3.68. The van der Waals surface area contributed by atoms with E-state index in [1.165, 1.54) is 11.1 Å². The van der Waals surface area contributed by atoms with Crippen molar-refractivity contribution in [3.05, 3.63) is 71.5 Å². The van der Waals surface area contributed by atoms with E-state index in [1.807, 2.05) is 13.2 Å². The molecule has 1 atom stereocenters. The zero-order valence-electron chi connectivity index (χ0n) is 17.2. The van der Waals surface area contributed by atoms with Gasteiger partial charge in [0.15, 0.2) is 0 Å². The lowest BCUT2D eigenvalue weighted by Gasteiger charge is -2.18. The van der Waals surface area contributed by atoms with Crippen LogP contribution in [0.2, 0.25) is 0 Å². The number of carbonyl (C=O) groups is 1. The van der Waals surface area contributed by atoms with Crippen LogP contribution < -0.4 is 15.4 Å². The molecule has 1 amide bonds. The first-order valence-corrected chi connectivity index (χ1v) is 9.92. The highest BCUT2D eigenvalue weighted by atomic mass is 35.5. The highest BCUT2D eigenvalue weighted by Gasteiger charge is 2.19. The van der Waals surface area contributed by atoms with Crippen molar-refractivity contribution in [3.8, 4) is 16.9 Å². The second kappa shape index (κ2) is 9.78. The van der Waals surface area contributed by atoms with E-state index in [0.717, 1.165) is 41.9 Å². The molecule has 0 fully saturated rings. The molecular weight excluding hydrogens is 400 g/mol. The van der Waals surface area contributed by atoms with Crippen LogP contribution in [0, 0.1) is 0 Å². The van der Waals surface area contributed by atoms with Gasteiger partial charge in [-0.3, -0.25) is 9.48 Å². The van der Waals surface area contributed by atoms with E-state index in [1.54, 1.807) is 17.9 Å². The monoisotopic (exact) mass is 426 g/mol. The van der Waals surface area contributed by atoms with Crippen molar-refractivity contribution < 1.29 is 9.53 Å². The molecule has 0 saturated carbocycles. The molecule has 0 radical (unpaired) electrons. The van der Waals surface area contributed by atoms with Crippen molar-refractivity contribution in [1.29, 1.82) is 0 Å². The molecule has 3 aromatic rings. The fourth-order valence-electron chi connectivity index (χ4n) is 3.68. The van der Waals surface area contributed by atoms with Crippen LogP contribution >= 0.6 is 12.4 Å². The van der Waals surface area contributed by atoms with Gasteiger partial charge in [0.1, 0.15) is 11.8 Å². The number of aromatic nitrogens is 2. The minimum atomic E-state index is -0.416. The van der Waals surface area contributed by atoms with Crippen molar-refractivity contribution in [2.45, 2.75) is 25.4 Å². The van der Waals surface area contributed by atoms with Crippen LogP contribution in [0.3, 0.4) is 0 Å². The third-order valence-corrected chi connectivity index (χ3v) is 5.27. The third kappa shape index (κ3) is 4.83. The van der Waals surface area contributed by atoms with E-state index in [0.29, 0.717) is 6.54 Å². The maximum absolute atomic E-state index is 12.6. The number of nitrogens with zero attached hydrogens (tertiary/aromatic N) is 2. The summed E-state index contributed by atoms with van der Waals surface area (Å²) in [5.41, 5.74) is 5.54. The van der Waals surface area contributed by atoms with Crippen LogP contribution in [0.4, 0.5) is 0 Å². The summed E-state index contributed by atoms with van der Waals surface area (Å²) < 4.78 is 7.39. The molecule has 4 rings (SSSR count). The van der Waals surface area contributed by atoms with E-state index in [2.05, 4.69) is 58.2 Å². The third-order valence-electron chi connectivity index (χ3n) is 5.27. The predicted octanol–water partition coefficient (Wildman–Crippen LogP) is 3.41. The Balaban J connectivity index is 0.00000256. The number of benzene rings is 2. The summed E-state index contributed by atoms with van der Waals surface area (Å²) in [6, 6.07) is 14.3. The normalized spacial score (nSPS) is 13.5. The topological polar surface area (TPSA) is 68.2 Å². The van der Waals surface area contributed by atoms with Crippen LogP contribution in [0.15, 0.2) is 54.9 Å². The van der Waals surface area contributed by atoms with Gasteiger partial charge in [-0.05, 0) is 54.3 Å². The van der Waals surface area contributed by atoms with E-state index in [9.17, 15) is 4.79 Å². The Morgan fingerprint density at radius 3 is 2.67 bits per heavy atom. The number of fused-ring (bicyclic) bond motifs is 1. The van der Waals surface area contributed by atoms with Crippen LogP contribution in [0.25, 0.3) is 11.1 Å². The van der Waals surface area contributed by atoms with Gasteiger partial charge in [0.2, 0.25) is 5.91 Å². The smallest absolute Gasteiger partial charge is 0.242 e. The Morgan fingerprint density at radius 1 is 1.20 bits per heavy atom. The predicted molar refractivity (Wildman–Crippen MR) is 120 cm³/mol. The average Bonchev–Trinajstić information content (AvgIpc) is 3.18. The Labute approximate surface area is 183 Å². The number of carbonyl (C=O) groups excluding carboxylic acids is 1. The molecule has 1 aliphatic rings. The summed E-state index contributed by atoms with van der Waals surface area (Å²) >= 11 is 0. The molecule has 2 heterocycles. The van der Waals surface area contributed by atoms with E-state index in [4.69, 9.17) is 4.74 Å². The summed E-state index contributed by atoms with van der Waals surface area (Å²) in [5.74, 6) is 0.936. The number of amides is 1. The van der Waals surface area contributed by atoms with Gasteiger partial charge < -0.3 is 15.4 Å². The highest BCUT2D eigenvalue weighted by Crippen LogP contribution is 2.30. The molecule has 6 nitrogen and oxygen atoms in total. The van der Waals surface area contributed by atoms with Gasteiger partial charge in [-0.25, -0.2) is 0 Å². The maximum atomic E-state index is 12.6. The zero-order chi connectivity index (χ0) is 20.2. The van der Waals surface area contributed by atoms with E-state index < -0.39 is 6.04 Å². The Hall–Kier alpha value is -2.83. The number of ether oxygens (including phenoxy) is 1. The van der Waals surface area contributed by atoms with Gasteiger partial charge in [-0.2, -0.15) is 5.10 Å². The van der Waals surface area contributed by atoms with E-state index in [-0.39, 0.29) is 18.3 Å². The first-order valence-electron chi connectivity index (χ1n) is 9.92. The molecule has 0 bridgehead atoms. The van der Waals surface area contributed by atoms with Gasteiger partial charge in [0.25, 0.3) is 0 Å². The molecular formula is C23H27ClN4O2. The van der Waals surface area contributed by atoms with E-state index >= 15 is 0 Å². The van der Waals surface area contributed by atoms with Gasteiger partial charge in [-0.15, -0.1) is 12.4 Å². The minimum absolute atomic E-state index is 0. The zero-order valence-corrected chi connectivity index (χ0v) is 18.0. The Morgan fingerprint density at radius 2 is 1.97 bits per heavy atom. The van der Waals surface area contributed by atoms with Crippen molar-refractivity contribution in [1.82, 2.24) is 20.4 Å². The van der Waals surface area contributed by atoms with Crippen molar-refractivity contribution in [2.24, 2.45) is 7.05 Å². The van der Waals surface area contributed by atoms with Gasteiger partial charge in [0.05, 0.1) is 12.8 Å². The SMILES string of the molecule is CNC(C(=O)NCc1ccc(-c2ccc3c(c2)CCCO3)cc1)c1cnn(C)c1.Cl. The van der Waals surface area contributed by atoms with Gasteiger partial charge in [-0.1, -0.05) is 30.3 Å². The van der Waals surface area contributed by atoms with Gasteiger partial charge in [0, 0.05) is 25.4 Å². The molecule has 7 heteroatoms. The first-order chi connectivity index (χ1) is 14.1. The number of rotatable bonds is 6. The molecule has 0 spiro atoms. The minimum Gasteiger partial charge on any atom is -0.493 e. The summed E-state index contributed by atoms with van der Waals surface area (Å²) in [5, 5.41) is 10.2. The number of halogens is 1. The van der Waals surface area contributed by atoms with Crippen LogP contribution in [-0.2, 0) is 24.8 Å².